The molecule has 1 fully saturated rings. The number of amides is 1. The van der Waals surface area contributed by atoms with Crippen LogP contribution in [0.25, 0.3) is 0 Å². The van der Waals surface area contributed by atoms with Gasteiger partial charge in [0, 0.05) is 37.2 Å². The molecular weight excluding hydrogens is 368 g/mol. The third kappa shape index (κ3) is 5.35. The minimum Gasteiger partial charge on any atom is -0.493 e. The molecule has 0 radical (unpaired) electrons. The van der Waals surface area contributed by atoms with E-state index in [0.717, 1.165) is 38.2 Å². The highest BCUT2D eigenvalue weighted by atomic mass is 16.5. The van der Waals surface area contributed by atoms with Gasteiger partial charge in [-0.25, -0.2) is 0 Å². The van der Waals surface area contributed by atoms with Crippen molar-refractivity contribution >= 4 is 17.4 Å². The summed E-state index contributed by atoms with van der Waals surface area (Å²) in [5.41, 5.74) is 2.62. The van der Waals surface area contributed by atoms with Gasteiger partial charge in [-0.1, -0.05) is 12.1 Å². The number of benzene rings is 2. The maximum Gasteiger partial charge on any atom is 0.221 e. The summed E-state index contributed by atoms with van der Waals surface area (Å²) in [5, 5.41) is 2.78. The number of nitrogens with zero attached hydrogens (tertiary/aromatic N) is 1. The van der Waals surface area contributed by atoms with Crippen LogP contribution in [0.4, 0.5) is 5.69 Å². The number of likely N-dealkylation sites (tertiary alicyclic amines) is 1. The van der Waals surface area contributed by atoms with Crippen molar-refractivity contribution in [3.63, 3.8) is 0 Å². The van der Waals surface area contributed by atoms with E-state index in [0.29, 0.717) is 17.1 Å². The normalized spacial score (nSPS) is 16.9. The van der Waals surface area contributed by atoms with Gasteiger partial charge in [-0.3, -0.25) is 14.5 Å². The van der Waals surface area contributed by atoms with Gasteiger partial charge in [0.25, 0.3) is 0 Å². The van der Waals surface area contributed by atoms with E-state index < -0.39 is 0 Å². The molecule has 1 atom stereocenters. The van der Waals surface area contributed by atoms with Crippen molar-refractivity contribution in [2.75, 3.05) is 32.6 Å². The summed E-state index contributed by atoms with van der Waals surface area (Å²) in [6.45, 7) is 4.00. The van der Waals surface area contributed by atoms with E-state index in [1.807, 2.05) is 30.3 Å². The van der Waals surface area contributed by atoms with Crippen LogP contribution in [0, 0.1) is 5.92 Å². The molecule has 154 valence electrons. The molecule has 2 aromatic carbocycles. The molecule has 1 heterocycles. The highest BCUT2D eigenvalue weighted by Crippen LogP contribution is 2.30. The molecule has 1 aliphatic heterocycles. The number of ether oxygens (including phenoxy) is 2. The third-order valence-electron chi connectivity index (χ3n) is 5.22. The Morgan fingerprint density at radius 1 is 1.07 bits per heavy atom. The van der Waals surface area contributed by atoms with E-state index >= 15 is 0 Å². The first-order valence-corrected chi connectivity index (χ1v) is 9.85. The number of Topliss-reactive ketones (excluding diaryl/α,β-unsaturated/α-hetero) is 1. The molecule has 6 heteroatoms. The van der Waals surface area contributed by atoms with Crippen molar-refractivity contribution in [1.82, 2.24) is 4.90 Å². The van der Waals surface area contributed by atoms with Crippen LogP contribution in [0.1, 0.15) is 35.7 Å². The lowest BCUT2D eigenvalue weighted by Gasteiger charge is -2.32. The Hall–Kier alpha value is -2.86. The van der Waals surface area contributed by atoms with Gasteiger partial charge in [-0.05, 0) is 55.3 Å². The van der Waals surface area contributed by atoms with Crippen molar-refractivity contribution < 1.29 is 19.1 Å². The molecule has 1 aliphatic rings. The molecule has 29 heavy (non-hydrogen) atoms. The minimum absolute atomic E-state index is 0.0273. The molecule has 3 rings (SSSR count). The molecule has 1 amide bonds. The van der Waals surface area contributed by atoms with Crippen LogP contribution in [0.2, 0.25) is 0 Å². The number of nitrogens with one attached hydrogen (secondary N) is 1. The predicted octanol–water partition coefficient (Wildman–Crippen LogP) is 3.76. The first-order chi connectivity index (χ1) is 14.0. The summed E-state index contributed by atoms with van der Waals surface area (Å²) in [4.78, 5) is 26.5. The first-order valence-electron chi connectivity index (χ1n) is 9.85. The van der Waals surface area contributed by atoms with E-state index in [1.54, 1.807) is 26.4 Å². The summed E-state index contributed by atoms with van der Waals surface area (Å²) < 4.78 is 10.6. The molecule has 0 saturated carbocycles. The van der Waals surface area contributed by atoms with Crippen LogP contribution in [0.5, 0.6) is 11.5 Å². The van der Waals surface area contributed by atoms with Crippen molar-refractivity contribution in [2.24, 2.45) is 5.92 Å². The maximum absolute atomic E-state index is 13.0. The molecule has 6 nitrogen and oxygen atoms in total. The molecule has 0 bridgehead atoms. The molecule has 0 aromatic heterocycles. The van der Waals surface area contributed by atoms with E-state index in [2.05, 4.69) is 10.2 Å². The lowest BCUT2D eigenvalue weighted by Crippen LogP contribution is -2.38. The average molecular weight is 396 g/mol. The fourth-order valence-corrected chi connectivity index (χ4v) is 3.79. The molecule has 0 aliphatic carbocycles. The monoisotopic (exact) mass is 396 g/mol. The zero-order valence-corrected chi connectivity index (χ0v) is 17.2. The lowest BCUT2D eigenvalue weighted by atomic mass is 9.89. The molecular formula is C23H28N2O4. The number of carbonyl (C=O) groups is 2. The van der Waals surface area contributed by atoms with Crippen LogP contribution in [0.15, 0.2) is 42.5 Å². The number of carbonyl (C=O) groups excluding carboxylic acids is 2. The number of piperidine rings is 1. The van der Waals surface area contributed by atoms with Crippen LogP contribution in [-0.2, 0) is 11.3 Å². The second-order valence-corrected chi connectivity index (χ2v) is 7.39. The largest absolute Gasteiger partial charge is 0.493 e. The topological polar surface area (TPSA) is 67.9 Å². The maximum atomic E-state index is 13.0. The minimum atomic E-state index is -0.0784. The van der Waals surface area contributed by atoms with Crippen LogP contribution >= 0.6 is 0 Å². The first kappa shape index (κ1) is 20.9. The standard InChI is InChI=1S/C23H28N2O4/c1-16(26)24-20-9-6-17(7-10-20)14-25-12-4-5-19(15-25)23(27)18-8-11-21(28-2)22(13-18)29-3/h6-11,13,19H,4-5,12,14-15H2,1-3H3,(H,24,26)/t19-/m1/s1. The summed E-state index contributed by atoms with van der Waals surface area (Å²) in [7, 11) is 3.16. The van der Waals surface area contributed by atoms with Gasteiger partial charge >= 0.3 is 0 Å². The molecule has 0 spiro atoms. The number of rotatable bonds is 7. The van der Waals surface area contributed by atoms with Crippen LogP contribution in [-0.4, -0.2) is 43.9 Å². The summed E-state index contributed by atoms with van der Waals surface area (Å²) in [6.07, 6.45) is 1.89. The second-order valence-electron chi connectivity index (χ2n) is 7.39. The molecule has 1 saturated heterocycles. The van der Waals surface area contributed by atoms with E-state index in [9.17, 15) is 9.59 Å². The lowest BCUT2D eigenvalue weighted by molar-refractivity contribution is -0.114. The molecule has 1 N–H and O–H groups in total. The number of ketones is 1. The van der Waals surface area contributed by atoms with Gasteiger partial charge < -0.3 is 14.8 Å². The van der Waals surface area contributed by atoms with E-state index in [4.69, 9.17) is 9.47 Å². The number of hydrogen-bond acceptors (Lipinski definition) is 5. The SMILES string of the molecule is COc1ccc(C(=O)[C@@H]2CCCN(Cc3ccc(NC(C)=O)cc3)C2)cc1OC. The fourth-order valence-electron chi connectivity index (χ4n) is 3.79. The zero-order valence-electron chi connectivity index (χ0n) is 17.2. The van der Waals surface area contributed by atoms with Crippen molar-refractivity contribution in [2.45, 2.75) is 26.3 Å². The number of hydrogen-bond donors (Lipinski definition) is 1. The van der Waals surface area contributed by atoms with Gasteiger partial charge in [-0.15, -0.1) is 0 Å². The van der Waals surface area contributed by atoms with Gasteiger partial charge in [0.2, 0.25) is 5.91 Å². The zero-order chi connectivity index (χ0) is 20.8. The Labute approximate surface area is 171 Å². The Kier molecular flexibility index (Phi) is 6.88. The molecule has 0 unspecified atom stereocenters. The molecule has 2 aromatic rings. The van der Waals surface area contributed by atoms with Crippen molar-refractivity contribution in [3.05, 3.63) is 53.6 Å². The smallest absolute Gasteiger partial charge is 0.221 e. The predicted molar refractivity (Wildman–Crippen MR) is 113 cm³/mol. The Morgan fingerprint density at radius 3 is 2.45 bits per heavy atom. The summed E-state index contributed by atoms with van der Waals surface area (Å²) in [5.74, 6) is 1.24. The second kappa shape index (κ2) is 9.56. The highest BCUT2D eigenvalue weighted by molar-refractivity contribution is 5.98. The van der Waals surface area contributed by atoms with Gasteiger partial charge in [0.15, 0.2) is 17.3 Å². The Morgan fingerprint density at radius 2 is 1.79 bits per heavy atom. The third-order valence-corrected chi connectivity index (χ3v) is 5.22. The van der Waals surface area contributed by atoms with E-state index in [1.165, 1.54) is 12.5 Å². The van der Waals surface area contributed by atoms with E-state index in [-0.39, 0.29) is 17.6 Å². The van der Waals surface area contributed by atoms with Crippen LogP contribution in [0.3, 0.4) is 0 Å². The summed E-state index contributed by atoms with van der Waals surface area (Å²) >= 11 is 0. The van der Waals surface area contributed by atoms with Gasteiger partial charge in [0.1, 0.15) is 0 Å². The van der Waals surface area contributed by atoms with Crippen molar-refractivity contribution in [3.8, 4) is 11.5 Å². The number of anilines is 1. The fraction of sp³-hybridized carbons (Fsp3) is 0.391. The summed E-state index contributed by atoms with van der Waals surface area (Å²) in [6, 6.07) is 13.2. The van der Waals surface area contributed by atoms with Gasteiger partial charge in [-0.2, -0.15) is 0 Å². The van der Waals surface area contributed by atoms with Gasteiger partial charge in [0.05, 0.1) is 14.2 Å². The average Bonchev–Trinajstić information content (AvgIpc) is 2.74. The quantitative estimate of drug-likeness (QED) is 0.722. The van der Waals surface area contributed by atoms with Crippen LogP contribution < -0.4 is 14.8 Å². The van der Waals surface area contributed by atoms with Crippen molar-refractivity contribution in [1.29, 1.82) is 0 Å². The highest BCUT2D eigenvalue weighted by Gasteiger charge is 2.27. The Bertz CT molecular complexity index is 864. The Balaban J connectivity index is 1.64. The number of methoxy groups -OCH3 is 2.